The number of rotatable bonds is 4. The van der Waals surface area contributed by atoms with Crippen LogP contribution >= 0.6 is 0 Å². The molecule has 100 valence electrons. The summed E-state index contributed by atoms with van der Waals surface area (Å²) in [6.45, 7) is 11.1. The zero-order chi connectivity index (χ0) is 13.8. The molecule has 1 aromatic rings. The minimum absolute atomic E-state index is 0.0366. The number of nitrogens with one attached hydrogen (secondary N) is 2. The van der Waals surface area contributed by atoms with Crippen molar-refractivity contribution in [2.45, 2.75) is 40.7 Å². The summed E-state index contributed by atoms with van der Waals surface area (Å²) in [4.78, 5) is 16.2. The molecule has 0 spiro atoms. The Morgan fingerprint density at radius 3 is 2.67 bits per heavy atom. The second-order valence-corrected chi connectivity index (χ2v) is 5.52. The lowest BCUT2D eigenvalue weighted by Gasteiger charge is -2.27. The molecule has 0 radical (unpaired) electrons. The van der Waals surface area contributed by atoms with Crippen molar-refractivity contribution < 1.29 is 4.79 Å². The van der Waals surface area contributed by atoms with Gasteiger partial charge in [0, 0.05) is 24.5 Å². The van der Waals surface area contributed by atoms with E-state index in [1.165, 1.54) is 0 Å². The van der Waals surface area contributed by atoms with Gasteiger partial charge in [-0.05, 0) is 31.4 Å². The van der Waals surface area contributed by atoms with Gasteiger partial charge in [0.2, 0.25) is 0 Å². The Hall–Kier alpha value is -1.58. The van der Waals surface area contributed by atoms with Gasteiger partial charge in [-0.25, -0.2) is 0 Å². The third-order valence-corrected chi connectivity index (χ3v) is 3.02. The van der Waals surface area contributed by atoms with Gasteiger partial charge in [0.1, 0.15) is 5.69 Å². The number of carbonyl (C=O) groups is 1. The molecule has 1 aromatic heterocycles. The number of aromatic nitrogens is 1. The summed E-state index contributed by atoms with van der Waals surface area (Å²) in [6, 6.07) is 3.72. The third kappa shape index (κ3) is 4.02. The van der Waals surface area contributed by atoms with Gasteiger partial charge in [-0.3, -0.25) is 9.78 Å². The van der Waals surface area contributed by atoms with Crippen molar-refractivity contribution >= 4 is 11.6 Å². The highest BCUT2D eigenvalue weighted by atomic mass is 16.1. The van der Waals surface area contributed by atoms with E-state index in [-0.39, 0.29) is 17.4 Å². The van der Waals surface area contributed by atoms with Gasteiger partial charge in [0.25, 0.3) is 5.91 Å². The summed E-state index contributed by atoms with van der Waals surface area (Å²) in [6.07, 6.45) is 1.65. The van der Waals surface area contributed by atoms with Crippen LogP contribution in [0.1, 0.15) is 45.1 Å². The van der Waals surface area contributed by atoms with Crippen molar-refractivity contribution in [3.05, 3.63) is 24.0 Å². The molecular formula is C14H23N3O. The van der Waals surface area contributed by atoms with Gasteiger partial charge in [-0.2, -0.15) is 0 Å². The Balaban J connectivity index is 2.75. The van der Waals surface area contributed by atoms with E-state index in [0.29, 0.717) is 5.69 Å². The Morgan fingerprint density at radius 1 is 1.44 bits per heavy atom. The van der Waals surface area contributed by atoms with Gasteiger partial charge < -0.3 is 10.6 Å². The van der Waals surface area contributed by atoms with Gasteiger partial charge in [-0.15, -0.1) is 0 Å². The molecule has 1 amide bonds. The van der Waals surface area contributed by atoms with E-state index in [2.05, 4.69) is 36.4 Å². The van der Waals surface area contributed by atoms with Crippen molar-refractivity contribution in [3.63, 3.8) is 0 Å². The maximum atomic E-state index is 12.1. The average Bonchev–Trinajstić information content (AvgIpc) is 2.28. The van der Waals surface area contributed by atoms with Crippen LogP contribution in [0.15, 0.2) is 18.3 Å². The third-order valence-electron chi connectivity index (χ3n) is 3.02. The van der Waals surface area contributed by atoms with Crippen molar-refractivity contribution in [2.75, 3.05) is 11.9 Å². The Labute approximate surface area is 109 Å². The topological polar surface area (TPSA) is 54.0 Å². The summed E-state index contributed by atoms with van der Waals surface area (Å²) >= 11 is 0. The molecule has 0 aromatic carbocycles. The van der Waals surface area contributed by atoms with Gasteiger partial charge >= 0.3 is 0 Å². The Morgan fingerprint density at radius 2 is 2.11 bits per heavy atom. The molecular weight excluding hydrogens is 226 g/mol. The van der Waals surface area contributed by atoms with E-state index >= 15 is 0 Å². The standard InChI is InChI=1S/C14H23N3O/c1-6-15-11-7-8-16-12(9-11)13(18)17-10(2)14(3,4)5/h7-10H,6H2,1-5H3,(H,15,16)(H,17,18). The van der Waals surface area contributed by atoms with Crippen molar-refractivity contribution in [3.8, 4) is 0 Å². The molecule has 0 aliphatic heterocycles. The van der Waals surface area contributed by atoms with E-state index in [0.717, 1.165) is 12.2 Å². The maximum Gasteiger partial charge on any atom is 0.270 e. The summed E-state index contributed by atoms with van der Waals surface area (Å²) in [5.74, 6) is -0.128. The molecule has 0 saturated heterocycles. The number of carbonyl (C=O) groups excluding carboxylic acids is 1. The fraction of sp³-hybridized carbons (Fsp3) is 0.571. The minimum atomic E-state index is -0.128. The fourth-order valence-corrected chi connectivity index (χ4v) is 1.36. The predicted molar refractivity (Wildman–Crippen MR) is 74.8 cm³/mol. The molecule has 0 bridgehead atoms. The first-order chi connectivity index (χ1) is 8.34. The van der Waals surface area contributed by atoms with E-state index in [1.54, 1.807) is 12.3 Å². The lowest BCUT2D eigenvalue weighted by atomic mass is 9.88. The van der Waals surface area contributed by atoms with Crippen molar-refractivity contribution in [1.29, 1.82) is 0 Å². The van der Waals surface area contributed by atoms with Crippen molar-refractivity contribution in [2.24, 2.45) is 5.41 Å². The predicted octanol–water partition coefficient (Wildman–Crippen LogP) is 2.68. The normalized spacial score (nSPS) is 12.9. The average molecular weight is 249 g/mol. The SMILES string of the molecule is CCNc1ccnc(C(=O)NC(C)C(C)(C)C)c1. The zero-order valence-electron chi connectivity index (χ0n) is 11.9. The van der Waals surface area contributed by atoms with Crippen molar-refractivity contribution in [1.82, 2.24) is 10.3 Å². The summed E-state index contributed by atoms with van der Waals surface area (Å²) in [5, 5.41) is 6.14. The highest BCUT2D eigenvalue weighted by molar-refractivity contribution is 5.93. The fourth-order valence-electron chi connectivity index (χ4n) is 1.36. The summed E-state index contributed by atoms with van der Waals surface area (Å²) < 4.78 is 0. The molecule has 1 atom stereocenters. The number of anilines is 1. The molecule has 1 unspecified atom stereocenters. The molecule has 1 heterocycles. The van der Waals surface area contributed by atoms with Crippen LogP contribution < -0.4 is 10.6 Å². The van der Waals surface area contributed by atoms with Crippen LogP contribution in [-0.4, -0.2) is 23.5 Å². The van der Waals surface area contributed by atoms with E-state index in [9.17, 15) is 4.79 Å². The lowest BCUT2D eigenvalue weighted by Crippen LogP contribution is -2.41. The molecule has 1 rings (SSSR count). The molecule has 4 nitrogen and oxygen atoms in total. The number of amides is 1. The quantitative estimate of drug-likeness (QED) is 0.862. The van der Waals surface area contributed by atoms with Crippen LogP contribution in [-0.2, 0) is 0 Å². The first-order valence-electron chi connectivity index (χ1n) is 6.35. The summed E-state index contributed by atoms with van der Waals surface area (Å²) in [5.41, 5.74) is 1.40. The maximum absolute atomic E-state index is 12.1. The molecule has 0 saturated carbocycles. The first-order valence-corrected chi connectivity index (χ1v) is 6.35. The number of hydrogen-bond acceptors (Lipinski definition) is 3. The highest BCUT2D eigenvalue weighted by Crippen LogP contribution is 2.19. The molecule has 18 heavy (non-hydrogen) atoms. The van der Waals surface area contributed by atoms with Crippen LogP contribution in [0.2, 0.25) is 0 Å². The van der Waals surface area contributed by atoms with Crippen LogP contribution in [0.4, 0.5) is 5.69 Å². The van der Waals surface area contributed by atoms with Crippen LogP contribution in [0.5, 0.6) is 0 Å². The van der Waals surface area contributed by atoms with E-state index < -0.39 is 0 Å². The molecule has 0 aliphatic rings. The monoisotopic (exact) mass is 249 g/mol. The Kier molecular flexibility index (Phi) is 4.70. The number of hydrogen-bond donors (Lipinski definition) is 2. The van der Waals surface area contributed by atoms with Gasteiger partial charge in [0.15, 0.2) is 0 Å². The molecule has 0 fully saturated rings. The molecule has 0 aliphatic carbocycles. The van der Waals surface area contributed by atoms with Gasteiger partial charge in [0.05, 0.1) is 0 Å². The number of nitrogens with zero attached hydrogens (tertiary/aromatic N) is 1. The molecule has 4 heteroatoms. The molecule has 2 N–H and O–H groups in total. The Bertz CT molecular complexity index is 410. The lowest BCUT2D eigenvalue weighted by molar-refractivity contribution is 0.0905. The van der Waals surface area contributed by atoms with Crippen LogP contribution in [0.3, 0.4) is 0 Å². The number of pyridine rings is 1. The second-order valence-electron chi connectivity index (χ2n) is 5.52. The second kappa shape index (κ2) is 5.85. The zero-order valence-corrected chi connectivity index (χ0v) is 11.9. The van der Waals surface area contributed by atoms with Crippen LogP contribution in [0.25, 0.3) is 0 Å². The van der Waals surface area contributed by atoms with Gasteiger partial charge in [-0.1, -0.05) is 20.8 Å². The van der Waals surface area contributed by atoms with E-state index in [1.807, 2.05) is 19.9 Å². The smallest absolute Gasteiger partial charge is 0.270 e. The first kappa shape index (κ1) is 14.5. The van der Waals surface area contributed by atoms with E-state index in [4.69, 9.17) is 0 Å². The highest BCUT2D eigenvalue weighted by Gasteiger charge is 2.22. The van der Waals surface area contributed by atoms with Crippen LogP contribution in [0, 0.1) is 5.41 Å². The minimum Gasteiger partial charge on any atom is -0.385 e. The largest absolute Gasteiger partial charge is 0.385 e. The summed E-state index contributed by atoms with van der Waals surface area (Å²) in [7, 11) is 0.